The third-order valence-electron chi connectivity index (χ3n) is 2.92. The van der Waals surface area contributed by atoms with Crippen molar-refractivity contribution in [1.82, 2.24) is 9.88 Å². The van der Waals surface area contributed by atoms with E-state index in [-0.39, 0.29) is 5.41 Å². The second kappa shape index (κ2) is 7.26. The topological polar surface area (TPSA) is 80.5 Å². The molecule has 0 aliphatic heterocycles. The normalized spacial score (nSPS) is 11.5. The predicted molar refractivity (Wildman–Crippen MR) is 85.4 cm³/mol. The molecule has 6 heteroatoms. The first kappa shape index (κ1) is 17.2. The van der Waals surface area contributed by atoms with Crippen molar-refractivity contribution in [3.63, 3.8) is 0 Å². The number of rotatable bonds is 7. The SMILES string of the molecule is CCOC(=O)c1cc(NCC(C)(C)CN(C)C)ncc1N. The molecule has 0 aliphatic rings. The number of anilines is 2. The zero-order chi connectivity index (χ0) is 16.0. The number of hydrogen-bond donors (Lipinski definition) is 2. The maximum absolute atomic E-state index is 11.8. The summed E-state index contributed by atoms with van der Waals surface area (Å²) >= 11 is 0. The minimum atomic E-state index is -0.423. The van der Waals surface area contributed by atoms with Crippen molar-refractivity contribution >= 4 is 17.5 Å². The molecule has 0 atom stereocenters. The van der Waals surface area contributed by atoms with Crippen LogP contribution in [0, 0.1) is 5.41 Å². The first-order valence-corrected chi connectivity index (χ1v) is 7.06. The summed E-state index contributed by atoms with van der Waals surface area (Å²) in [5.41, 5.74) is 6.52. The van der Waals surface area contributed by atoms with Crippen LogP contribution in [0.2, 0.25) is 0 Å². The zero-order valence-corrected chi connectivity index (χ0v) is 13.6. The van der Waals surface area contributed by atoms with E-state index in [2.05, 4.69) is 29.0 Å². The fourth-order valence-corrected chi connectivity index (χ4v) is 2.19. The summed E-state index contributed by atoms with van der Waals surface area (Å²) in [5.74, 6) is 0.201. The lowest BCUT2D eigenvalue weighted by molar-refractivity contribution is 0.0527. The van der Waals surface area contributed by atoms with Crippen LogP contribution in [0.3, 0.4) is 0 Å². The van der Waals surface area contributed by atoms with Gasteiger partial charge in [0.05, 0.1) is 24.1 Å². The Labute approximate surface area is 126 Å². The second-order valence-corrected chi connectivity index (χ2v) is 6.13. The van der Waals surface area contributed by atoms with Crippen LogP contribution in [-0.4, -0.2) is 49.6 Å². The van der Waals surface area contributed by atoms with Gasteiger partial charge in [0.1, 0.15) is 5.82 Å². The Balaban J connectivity index is 2.77. The highest BCUT2D eigenvalue weighted by Crippen LogP contribution is 2.20. The van der Waals surface area contributed by atoms with Crippen LogP contribution in [-0.2, 0) is 4.74 Å². The van der Waals surface area contributed by atoms with E-state index in [1.165, 1.54) is 6.20 Å². The summed E-state index contributed by atoms with van der Waals surface area (Å²) < 4.78 is 4.98. The van der Waals surface area contributed by atoms with Gasteiger partial charge in [-0.3, -0.25) is 0 Å². The molecule has 1 rings (SSSR count). The van der Waals surface area contributed by atoms with E-state index in [1.807, 2.05) is 14.1 Å². The number of nitrogens with two attached hydrogens (primary N) is 1. The monoisotopic (exact) mass is 294 g/mol. The Kier molecular flexibility index (Phi) is 5.96. The number of ether oxygens (including phenoxy) is 1. The molecule has 0 spiro atoms. The van der Waals surface area contributed by atoms with Gasteiger partial charge in [0.25, 0.3) is 0 Å². The van der Waals surface area contributed by atoms with E-state index in [4.69, 9.17) is 10.5 Å². The minimum absolute atomic E-state index is 0.0800. The van der Waals surface area contributed by atoms with Crippen LogP contribution in [0.15, 0.2) is 12.3 Å². The molecule has 0 amide bonds. The average Bonchev–Trinajstić information content (AvgIpc) is 2.36. The second-order valence-electron chi connectivity index (χ2n) is 6.13. The van der Waals surface area contributed by atoms with E-state index >= 15 is 0 Å². The molecule has 0 radical (unpaired) electrons. The quantitative estimate of drug-likeness (QED) is 0.747. The van der Waals surface area contributed by atoms with Crippen molar-refractivity contribution in [2.45, 2.75) is 20.8 Å². The largest absolute Gasteiger partial charge is 0.462 e. The van der Waals surface area contributed by atoms with E-state index in [0.29, 0.717) is 23.7 Å². The molecule has 6 nitrogen and oxygen atoms in total. The van der Waals surface area contributed by atoms with Gasteiger partial charge in [-0.05, 0) is 32.5 Å². The molecule has 0 bridgehead atoms. The molecule has 0 unspecified atom stereocenters. The first-order valence-electron chi connectivity index (χ1n) is 7.06. The Morgan fingerprint density at radius 1 is 1.48 bits per heavy atom. The van der Waals surface area contributed by atoms with Crippen molar-refractivity contribution in [2.75, 3.05) is 44.8 Å². The van der Waals surface area contributed by atoms with Crippen molar-refractivity contribution < 1.29 is 9.53 Å². The summed E-state index contributed by atoms with van der Waals surface area (Å²) in [4.78, 5) is 18.1. The van der Waals surface area contributed by atoms with Gasteiger partial charge < -0.3 is 20.7 Å². The number of nitrogens with zero attached hydrogens (tertiary/aromatic N) is 2. The molecule has 0 aromatic carbocycles. The van der Waals surface area contributed by atoms with Gasteiger partial charge in [0, 0.05) is 13.1 Å². The minimum Gasteiger partial charge on any atom is -0.462 e. The van der Waals surface area contributed by atoms with Crippen LogP contribution >= 0.6 is 0 Å². The number of aromatic nitrogens is 1. The lowest BCUT2D eigenvalue weighted by atomic mass is 9.93. The van der Waals surface area contributed by atoms with Gasteiger partial charge in [-0.25, -0.2) is 9.78 Å². The fourth-order valence-electron chi connectivity index (χ4n) is 2.19. The van der Waals surface area contributed by atoms with Crippen molar-refractivity contribution in [3.8, 4) is 0 Å². The molecule has 0 aliphatic carbocycles. The third kappa shape index (κ3) is 5.59. The van der Waals surface area contributed by atoms with E-state index in [0.717, 1.165) is 13.1 Å². The molecular formula is C15H26N4O2. The van der Waals surface area contributed by atoms with Gasteiger partial charge in [0.2, 0.25) is 0 Å². The Bertz CT molecular complexity index is 487. The number of pyridine rings is 1. The Hall–Kier alpha value is -1.82. The number of nitrogens with one attached hydrogen (secondary N) is 1. The fraction of sp³-hybridized carbons (Fsp3) is 0.600. The first-order chi connectivity index (χ1) is 9.75. The summed E-state index contributed by atoms with van der Waals surface area (Å²) in [7, 11) is 4.09. The summed E-state index contributed by atoms with van der Waals surface area (Å²) in [6.45, 7) is 8.11. The average molecular weight is 294 g/mol. The van der Waals surface area contributed by atoms with Crippen LogP contribution in [0.25, 0.3) is 0 Å². The summed E-state index contributed by atoms with van der Waals surface area (Å²) in [5, 5.41) is 3.25. The van der Waals surface area contributed by atoms with Gasteiger partial charge in [0.15, 0.2) is 0 Å². The molecule has 0 saturated heterocycles. The van der Waals surface area contributed by atoms with Crippen molar-refractivity contribution in [2.24, 2.45) is 5.41 Å². The molecule has 1 aromatic rings. The standard InChI is InChI=1S/C15H26N4O2/c1-6-21-14(20)11-7-13(17-8-12(11)16)18-9-15(2,3)10-19(4)5/h7-8H,6,9-10,16H2,1-5H3,(H,17,18). The van der Waals surface area contributed by atoms with E-state index < -0.39 is 5.97 Å². The zero-order valence-electron chi connectivity index (χ0n) is 13.6. The molecule has 1 heterocycles. The number of esters is 1. The number of carbonyl (C=O) groups excluding carboxylic acids is 1. The number of nitrogen functional groups attached to an aromatic ring is 1. The van der Waals surface area contributed by atoms with Crippen molar-refractivity contribution in [3.05, 3.63) is 17.8 Å². The van der Waals surface area contributed by atoms with Gasteiger partial charge >= 0.3 is 5.97 Å². The summed E-state index contributed by atoms with van der Waals surface area (Å²) in [6.07, 6.45) is 1.48. The van der Waals surface area contributed by atoms with Gasteiger partial charge in [-0.15, -0.1) is 0 Å². The third-order valence-corrected chi connectivity index (χ3v) is 2.92. The van der Waals surface area contributed by atoms with Gasteiger partial charge in [-0.2, -0.15) is 0 Å². The van der Waals surface area contributed by atoms with Crippen LogP contribution in [0.4, 0.5) is 11.5 Å². The highest BCUT2D eigenvalue weighted by Gasteiger charge is 2.19. The molecule has 0 fully saturated rings. The lowest BCUT2D eigenvalue weighted by Crippen LogP contribution is -2.34. The molecule has 118 valence electrons. The highest BCUT2D eigenvalue weighted by atomic mass is 16.5. The van der Waals surface area contributed by atoms with Crippen LogP contribution in [0.1, 0.15) is 31.1 Å². The van der Waals surface area contributed by atoms with Crippen LogP contribution in [0.5, 0.6) is 0 Å². The van der Waals surface area contributed by atoms with Crippen LogP contribution < -0.4 is 11.1 Å². The molecular weight excluding hydrogens is 268 g/mol. The van der Waals surface area contributed by atoms with E-state index in [1.54, 1.807) is 13.0 Å². The summed E-state index contributed by atoms with van der Waals surface area (Å²) in [6, 6.07) is 1.64. The molecule has 3 N–H and O–H groups in total. The number of carbonyl (C=O) groups is 1. The highest BCUT2D eigenvalue weighted by molar-refractivity contribution is 5.95. The number of hydrogen-bond acceptors (Lipinski definition) is 6. The Morgan fingerprint density at radius 2 is 2.14 bits per heavy atom. The molecule has 0 saturated carbocycles. The molecule has 1 aromatic heterocycles. The maximum Gasteiger partial charge on any atom is 0.340 e. The Morgan fingerprint density at radius 3 is 2.71 bits per heavy atom. The lowest BCUT2D eigenvalue weighted by Gasteiger charge is -2.28. The predicted octanol–water partition coefficient (Wildman–Crippen LogP) is 1.84. The van der Waals surface area contributed by atoms with Gasteiger partial charge in [-0.1, -0.05) is 13.8 Å². The smallest absolute Gasteiger partial charge is 0.340 e. The van der Waals surface area contributed by atoms with E-state index in [9.17, 15) is 4.79 Å². The molecule has 21 heavy (non-hydrogen) atoms. The maximum atomic E-state index is 11.8. The van der Waals surface area contributed by atoms with Crippen molar-refractivity contribution in [1.29, 1.82) is 0 Å².